The molecular formula is C25H24N6O4. The van der Waals surface area contributed by atoms with E-state index in [1.807, 2.05) is 37.3 Å². The van der Waals surface area contributed by atoms with Crippen LogP contribution in [0.2, 0.25) is 0 Å². The maximum absolute atomic E-state index is 13.6. The Labute approximate surface area is 201 Å². The van der Waals surface area contributed by atoms with Crippen LogP contribution in [0, 0.1) is 0 Å². The van der Waals surface area contributed by atoms with Gasteiger partial charge in [0.05, 0.1) is 5.52 Å². The summed E-state index contributed by atoms with van der Waals surface area (Å²) in [6.07, 6.45) is 3.77. The van der Waals surface area contributed by atoms with Gasteiger partial charge in [-0.1, -0.05) is 30.3 Å². The third-order valence-corrected chi connectivity index (χ3v) is 5.81. The second kappa shape index (κ2) is 9.80. The van der Waals surface area contributed by atoms with Crippen molar-refractivity contribution in [3.05, 3.63) is 72.6 Å². The van der Waals surface area contributed by atoms with Crippen LogP contribution in [0.5, 0.6) is 11.5 Å². The van der Waals surface area contributed by atoms with Crippen LogP contribution in [0.4, 0.5) is 5.69 Å². The number of aromatic nitrogens is 4. The fraction of sp³-hybridized carbons (Fsp3) is 0.240. The molecule has 1 N–H and O–H groups in total. The summed E-state index contributed by atoms with van der Waals surface area (Å²) in [4.78, 5) is 32.7. The lowest BCUT2D eigenvalue weighted by Gasteiger charge is -2.30. The molecule has 1 atom stereocenters. The zero-order valence-corrected chi connectivity index (χ0v) is 19.1. The highest BCUT2D eigenvalue weighted by Gasteiger charge is 2.30. The standard InChI is InChI=1S/C25H24N6O4/c1-2-20(25(33)27-18-9-10-22-23(12-18)35-16-34-22)30(14-17-6-5-11-26-13-17)24(32)15-31-21-8-4-3-7-19(21)28-29-31/h3-13,20H,2,14-16H2,1H3,(H,27,33). The Bertz CT molecular complexity index is 1360. The largest absolute Gasteiger partial charge is 0.454 e. The first kappa shape index (κ1) is 22.3. The van der Waals surface area contributed by atoms with Crippen molar-refractivity contribution in [2.24, 2.45) is 0 Å². The second-order valence-electron chi connectivity index (χ2n) is 8.10. The van der Waals surface area contributed by atoms with Gasteiger partial charge in [-0.3, -0.25) is 14.6 Å². The topological polar surface area (TPSA) is 111 Å². The van der Waals surface area contributed by atoms with E-state index in [0.717, 1.165) is 11.1 Å². The van der Waals surface area contributed by atoms with Crippen LogP contribution in [0.1, 0.15) is 18.9 Å². The van der Waals surface area contributed by atoms with Crippen LogP contribution in [0.25, 0.3) is 11.0 Å². The molecule has 0 bridgehead atoms. The fourth-order valence-corrected chi connectivity index (χ4v) is 4.06. The molecule has 0 radical (unpaired) electrons. The Balaban J connectivity index is 1.40. The minimum atomic E-state index is -0.720. The quantitative estimate of drug-likeness (QED) is 0.420. The van der Waals surface area contributed by atoms with Crippen molar-refractivity contribution in [1.82, 2.24) is 24.9 Å². The van der Waals surface area contributed by atoms with Gasteiger partial charge in [0.25, 0.3) is 0 Å². The molecule has 0 fully saturated rings. The van der Waals surface area contributed by atoms with Gasteiger partial charge in [-0.15, -0.1) is 5.10 Å². The number of fused-ring (bicyclic) bond motifs is 2. The van der Waals surface area contributed by atoms with Gasteiger partial charge < -0.3 is 19.7 Å². The molecule has 178 valence electrons. The molecule has 0 aliphatic carbocycles. The summed E-state index contributed by atoms with van der Waals surface area (Å²) in [6, 6.07) is 15.6. The van der Waals surface area contributed by atoms with Crippen molar-refractivity contribution in [2.45, 2.75) is 32.5 Å². The number of nitrogens with one attached hydrogen (secondary N) is 1. The maximum Gasteiger partial charge on any atom is 0.247 e. The number of pyridine rings is 1. The summed E-state index contributed by atoms with van der Waals surface area (Å²) in [5, 5.41) is 11.2. The third-order valence-electron chi connectivity index (χ3n) is 5.81. The number of carbonyl (C=O) groups is 2. The number of amides is 2. The van der Waals surface area contributed by atoms with Crippen molar-refractivity contribution < 1.29 is 19.1 Å². The molecule has 4 aromatic rings. The average Bonchev–Trinajstić information content (AvgIpc) is 3.51. The molecule has 3 heterocycles. The smallest absolute Gasteiger partial charge is 0.247 e. The van der Waals surface area contributed by atoms with Gasteiger partial charge in [-0.25, -0.2) is 4.68 Å². The Morgan fingerprint density at radius 1 is 1.11 bits per heavy atom. The van der Waals surface area contributed by atoms with Crippen LogP contribution in [-0.2, 0) is 22.7 Å². The van der Waals surface area contributed by atoms with Crippen molar-refractivity contribution in [2.75, 3.05) is 12.1 Å². The second-order valence-corrected chi connectivity index (χ2v) is 8.10. The number of hydrogen-bond donors (Lipinski definition) is 1. The lowest BCUT2D eigenvalue weighted by atomic mass is 10.1. The van der Waals surface area contributed by atoms with Crippen molar-refractivity contribution >= 4 is 28.5 Å². The molecule has 2 aromatic heterocycles. The lowest BCUT2D eigenvalue weighted by Crippen LogP contribution is -2.47. The Hall–Kier alpha value is -4.47. The summed E-state index contributed by atoms with van der Waals surface area (Å²) in [5.74, 6) is 0.643. The number of rotatable bonds is 8. The average molecular weight is 473 g/mol. The van der Waals surface area contributed by atoms with Crippen LogP contribution in [-0.4, -0.2) is 49.5 Å². The summed E-state index contributed by atoms with van der Waals surface area (Å²) in [6.45, 7) is 2.20. The minimum Gasteiger partial charge on any atom is -0.454 e. The molecule has 1 unspecified atom stereocenters. The molecule has 10 heteroatoms. The van der Waals surface area contributed by atoms with E-state index < -0.39 is 6.04 Å². The summed E-state index contributed by atoms with van der Waals surface area (Å²) in [5.41, 5.74) is 2.83. The minimum absolute atomic E-state index is 0.0470. The highest BCUT2D eigenvalue weighted by Crippen LogP contribution is 2.34. The first-order valence-corrected chi connectivity index (χ1v) is 11.3. The van der Waals surface area contributed by atoms with E-state index in [0.29, 0.717) is 29.1 Å². The zero-order chi connectivity index (χ0) is 24.2. The number of benzene rings is 2. The van der Waals surface area contributed by atoms with Crippen molar-refractivity contribution in [1.29, 1.82) is 0 Å². The third kappa shape index (κ3) is 4.77. The Morgan fingerprint density at radius 3 is 2.80 bits per heavy atom. The normalized spacial score (nSPS) is 12.9. The van der Waals surface area contributed by atoms with Gasteiger partial charge >= 0.3 is 0 Å². The number of anilines is 1. The Kier molecular flexibility index (Phi) is 6.25. The molecule has 35 heavy (non-hydrogen) atoms. The van der Waals surface area contributed by atoms with E-state index >= 15 is 0 Å². The number of ether oxygens (including phenoxy) is 2. The molecule has 1 aliphatic heterocycles. The molecule has 10 nitrogen and oxygen atoms in total. The SMILES string of the molecule is CCC(C(=O)Nc1ccc2c(c1)OCO2)N(Cc1cccnc1)C(=O)Cn1nnc2ccccc21. The van der Waals surface area contributed by atoms with E-state index in [2.05, 4.69) is 20.6 Å². The van der Waals surface area contributed by atoms with Gasteiger partial charge in [0.2, 0.25) is 18.6 Å². The summed E-state index contributed by atoms with van der Waals surface area (Å²) in [7, 11) is 0. The van der Waals surface area contributed by atoms with Crippen LogP contribution < -0.4 is 14.8 Å². The van der Waals surface area contributed by atoms with Gasteiger partial charge in [-0.2, -0.15) is 0 Å². The maximum atomic E-state index is 13.6. The number of hydrogen-bond acceptors (Lipinski definition) is 7. The van der Waals surface area contributed by atoms with Gasteiger partial charge in [0.1, 0.15) is 18.1 Å². The van der Waals surface area contributed by atoms with Crippen LogP contribution in [0.3, 0.4) is 0 Å². The number of carbonyl (C=O) groups excluding carboxylic acids is 2. The highest BCUT2D eigenvalue weighted by atomic mass is 16.7. The van der Waals surface area contributed by atoms with E-state index in [4.69, 9.17) is 9.47 Å². The Morgan fingerprint density at radius 2 is 1.97 bits per heavy atom. The van der Waals surface area contributed by atoms with Crippen LogP contribution in [0.15, 0.2) is 67.0 Å². The first-order chi connectivity index (χ1) is 17.1. The fourth-order valence-electron chi connectivity index (χ4n) is 4.06. The monoisotopic (exact) mass is 472 g/mol. The molecular weight excluding hydrogens is 448 g/mol. The lowest BCUT2D eigenvalue weighted by molar-refractivity contribution is -0.140. The number of para-hydroxylation sites is 1. The predicted octanol–water partition coefficient (Wildman–Crippen LogP) is 3.00. The predicted molar refractivity (Wildman–Crippen MR) is 128 cm³/mol. The van der Waals surface area contributed by atoms with Crippen molar-refractivity contribution in [3.63, 3.8) is 0 Å². The molecule has 0 saturated heterocycles. The summed E-state index contributed by atoms with van der Waals surface area (Å²) >= 11 is 0. The zero-order valence-electron chi connectivity index (χ0n) is 19.1. The first-order valence-electron chi connectivity index (χ1n) is 11.3. The molecule has 0 saturated carbocycles. The molecule has 1 aliphatic rings. The van der Waals surface area contributed by atoms with Gasteiger partial charge in [-0.05, 0) is 42.3 Å². The molecule has 5 rings (SSSR count). The van der Waals surface area contributed by atoms with Crippen molar-refractivity contribution in [3.8, 4) is 11.5 Å². The number of nitrogens with zero attached hydrogens (tertiary/aromatic N) is 5. The van der Waals surface area contributed by atoms with Crippen LogP contribution >= 0.6 is 0 Å². The van der Waals surface area contributed by atoms with E-state index in [1.54, 1.807) is 46.2 Å². The van der Waals surface area contributed by atoms with E-state index in [-0.39, 0.29) is 31.7 Å². The van der Waals surface area contributed by atoms with E-state index in [9.17, 15) is 9.59 Å². The summed E-state index contributed by atoms with van der Waals surface area (Å²) < 4.78 is 12.3. The van der Waals surface area contributed by atoms with Gasteiger partial charge in [0.15, 0.2) is 11.5 Å². The highest BCUT2D eigenvalue weighted by molar-refractivity contribution is 5.97. The molecule has 0 spiro atoms. The molecule has 2 aromatic carbocycles. The molecule has 2 amide bonds. The van der Waals surface area contributed by atoms with Gasteiger partial charge in [0, 0.05) is 30.7 Å². The van der Waals surface area contributed by atoms with E-state index in [1.165, 1.54) is 0 Å².